The van der Waals surface area contributed by atoms with Crippen molar-refractivity contribution in [3.8, 4) is 5.88 Å². The fourth-order valence-electron chi connectivity index (χ4n) is 2.00. The number of nitrogens with zero attached hydrogens (tertiary/aromatic N) is 2. The Hall–Kier alpha value is -0.390. The summed E-state index contributed by atoms with van der Waals surface area (Å²) in [7, 11) is 1.74. The highest BCUT2D eigenvalue weighted by atomic mass is 79.9. The van der Waals surface area contributed by atoms with E-state index in [1.54, 1.807) is 7.11 Å². The number of methoxy groups -OCH3 is 1. The molecule has 2 atom stereocenters. The molecule has 0 aromatic carbocycles. The van der Waals surface area contributed by atoms with E-state index in [1.165, 1.54) is 6.33 Å². The van der Waals surface area contributed by atoms with Gasteiger partial charge in [0.05, 0.1) is 6.10 Å². The summed E-state index contributed by atoms with van der Waals surface area (Å²) in [5, 5.41) is 0.370. The molecule has 0 spiro atoms. The summed E-state index contributed by atoms with van der Waals surface area (Å²) in [4.78, 5) is 7.94. The van der Waals surface area contributed by atoms with Gasteiger partial charge in [-0.15, -0.1) is 0 Å². The molecule has 94 valence electrons. The zero-order chi connectivity index (χ0) is 12.3. The maximum atomic E-state index is 5.88. The molecule has 1 saturated carbocycles. The second kappa shape index (κ2) is 5.98. The van der Waals surface area contributed by atoms with E-state index in [2.05, 4.69) is 25.9 Å². The maximum absolute atomic E-state index is 5.88. The van der Waals surface area contributed by atoms with E-state index in [4.69, 9.17) is 21.1 Å². The molecule has 0 amide bonds. The lowest BCUT2D eigenvalue weighted by atomic mass is 9.95. The molecule has 1 heterocycles. The Labute approximate surface area is 114 Å². The first kappa shape index (κ1) is 13.1. The molecular weight excluding hydrogens is 307 g/mol. The van der Waals surface area contributed by atoms with Crippen LogP contribution in [0.4, 0.5) is 0 Å². The van der Waals surface area contributed by atoms with Crippen molar-refractivity contribution in [2.24, 2.45) is 0 Å². The molecule has 0 N–H and O–H groups in total. The smallest absolute Gasteiger partial charge is 0.232 e. The molecule has 1 aromatic heterocycles. The number of aromatic nitrogens is 2. The van der Waals surface area contributed by atoms with Crippen molar-refractivity contribution in [2.45, 2.75) is 37.9 Å². The van der Waals surface area contributed by atoms with Crippen molar-refractivity contribution < 1.29 is 9.47 Å². The minimum atomic E-state index is 0.135. The Morgan fingerprint density at radius 1 is 1.35 bits per heavy atom. The molecule has 6 heteroatoms. The van der Waals surface area contributed by atoms with Crippen molar-refractivity contribution >= 4 is 27.5 Å². The third-order valence-electron chi connectivity index (χ3n) is 2.90. The van der Waals surface area contributed by atoms with Crippen LogP contribution in [0.1, 0.15) is 25.7 Å². The van der Waals surface area contributed by atoms with E-state index in [-0.39, 0.29) is 12.2 Å². The summed E-state index contributed by atoms with van der Waals surface area (Å²) < 4.78 is 11.8. The van der Waals surface area contributed by atoms with Crippen LogP contribution < -0.4 is 4.74 Å². The van der Waals surface area contributed by atoms with Crippen LogP contribution in [0, 0.1) is 0 Å². The van der Waals surface area contributed by atoms with Crippen molar-refractivity contribution in [3.05, 3.63) is 16.0 Å². The van der Waals surface area contributed by atoms with Gasteiger partial charge in [-0.1, -0.05) is 11.6 Å². The Morgan fingerprint density at radius 2 is 2.12 bits per heavy atom. The van der Waals surface area contributed by atoms with Crippen molar-refractivity contribution in [2.75, 3.05) is 7.11 Å². The summed E-state index contributed by atoms with van der Waals surface area (Å²) in [5.41, 5.74) is 0. The number of hydrogen-bond donors (Lipinski definition) is 0. The lowest BCUT2D eigenvalue weighted by Crippen LogP contribution is -2.29. The van der Waals surface area contributed by atoms with Crippen LogP contribution in [0.15, 0.2) is 10.8 Å². The topological polar surface area (TPSA) is 44.2 Å². The monoisotopic (exact) mass is 320 g/mol. The summed E-state index contributed by atoms with van der Waals surface area (Å²) in [6.45, 7) is 0. The fourth-order valence-corrected chi connectivity index (χ4v) is 2.42. The third kappa shape index (κ3) is 3.30. The summed E-state index contributed by atoms with van der Waals surface area (Å²) in [6, 6.07) is 0. The fraction of sp³-hybridized carbons (Fsp3) is 0.636. The van der Waals surface area contributed by atoms with Gasteiger partial charge in [-0.05, 0) is 35.2 Å². The first-order valence-corrected chi connectivity index (χ1v) is 6.73. The van der Waals surface area contributed by atoms with E-state index in [0.717, 1.165) is 25.7 Å². The van der Waals surface area contributed by atoms with Crippen LogP contribution in [-0.4, -0.2) is 29.3 Å². The molecule has 1 aliphatic carbocycles. The van der Waals surface area contributed by atoms with Gasteiger partial charge in [0.25, 0.3) is 0 Å². The highest BCUT2D eigenvalue weighted by Gasteiger charge is 2.24. The van der Waals surface area contributed by atoms with Gasteiger partial charge in [0.1, 0.15) is 16.9 Å². The average molecular weight is 322 g/mol. The van der Waals surface area contributed by atoms with Gasteiger partial charge in [0.15, 0.2) is 5.15 Å². The Balaban J connectivity index is 2.02. The first-order valence-electron chi connectivity index (χ1n) is 5.56. The first-order chi connectivity index (χ1) is 8.20. The van der Waals surface area contributed by atoms with E-state index >= 15 is 0 Å². The van der Waals surface area contributed by atoms with Gasteiger partial charge in [0.2, 0.25) is 5.88 Å². The van der Waals surface area contributed by atoms with E-state index < -0.39 is 0 Å². The van der Waals surface area contributed by atoms with Crippen molar-refractivity contribution in [3.63, 3.8) is 0 Å². The second-order valence-corrected chi connectivity index (χ2v) is 5.20. The molecule has 1 aromatic rings. The number of ether oxygens (including phenoxy) is 2. The Morgan fingerprint density at radius 3 is 2.88 bits per heavy atom. The van der Waals surface area contributed by atoms with Crippen LogP contribution in [0.3, 0.4) is 0 Å². The van der Waals surface area contributed by atoms with Gasteiger partial charge in [-0.3, -0.25) is 0 Å². The largest absolute Gasteiger partial charge is 0.473 e. The van der Waals surface area contributed by atoms with Crippen LogP contribution in [0.25, 0.3) is 0 Å². The summed E-state index contributed by atoms with van der Waals surface area (Å²) in [6.07, 6.45) is 5.94. The van der Waals surface area contributed by atoms with Crippen molar-refractivity contribution in [1.29, 1.82) is 0 Å². The molecule has 0 bridgehead atoms. The number of halogens is 2. The molecule has 0 aliphatic heterocycles. The highest BCUT2D eigenvalue weighted by molar-refractivity contribution is 9.10. The van der Waals surface area contributed by atoms with Crippen LogP contribution in [-0.2, 0) is 4.74 Å². The SMILES string of the molecule is COC1CCCC(Oc2ncnc(Cl)c2Br)C1. The molecular formula is C11H14BrClN2O2. The van der Waals surface area contributed by atoms with Crippen LogP contribution in [0.5, 0.6) is 5.88 Å². The van der Waals surface area contributed by atoms with Gasteiger partial charge in [-0.25, -0.2) is 9.97 Å². The normalized spacial score (nSPS) is 24.6. The molecule has 17 heavy (non-hydrogen) atoms. The number of hydrogen-bond acceptors (Lipinski definition) is 4. The standard InChI is InChI=1S/C11H14BrClN2O2/c1-16-7-3-2-4-8(5-7)17-11-9(12)10(13)14-6-15-11/h6-8H,2-5H2,1H3. The molecule has 1 aliphatic rings. The molecule has 2 rings (SSSR count). The van der Waals surface area contributed by atoms with E-state index in [0.29, 0.717) is 15.5 Å². The van der Waals surface area contributed by atoms with Crippen LogP contribution in [0.2, 0.25) is 5.15 Å². The van der Waals surface area contributed by atoms with Crippen LogP contribution >= 0.6 is 27.5 Å². The second-order valence-electron chi connectivity index (χ2n) is 4.05. The average Bonchev–Trinajstić information content (AvgIpc) is 2.35. The van der Waals surface area contributed by atoms with Crippen molar-refractivity contribution in [1.82, 2.24) is 9.97 Å². The Bertz CT molecular complexity index is 392. The molecule has 2 unspecified atom stereocenters. The van der Waals surface area contributed by atoms with Gasteiger partial charge >= 0.3 is 0 Å². The summed E-state index contributed by atoms with van der Waals surface area (Å²) >= 11 is 9.21. The lowest BCUT2D eigenvalue weighted by Gasteiger charge is -2.28. The molecule has 1 fully saturated rings. The Kier molecular flexibility index (Phi) is 4.59. The summed E-state index contributed by atoms with van der Waals surface area (Å²) in [5.74, 6) is 0.506. The zero-order valence-corrected chi connectivity index (χ0v) is 11.9. The van der Waals surface area contributed by atoms with E-state index in [1.807, 2.05) is 0 Å². The quantitative estimate of drug-likeness (QED) is 0.802. The van der Waals surface area contributed by atoms with Gasteiger partial charge < -0.3 is 9.47 Å². The molecule has 0 radical (unpaired) electrons. The predicted molar refractivity (Wildman–Crippen MR) is 68.4 cm³/mol. The predicted octanol–water partition coefficient (Wildman–Crippen LogP) is 3.23. The van der Waals surface area contributed by atoms with E-state index in [9.17, 15) is 0 Å². The molecule has 0 saturated heterocycles. The molecule has 4 nitrogen and oxygen atoms in total. The highest BCUT2D eigenvalue weighted by Crippen LogP contribution is 2.31. The minimum absolute atomic E-state index is 0.135. The maximum Gasteiger partial charge on any atom is 0.232 e. The van der Waals surface area contributed by atoms with Gasteiger partial charge in [-0.2, -0.15) is 0 Å². The lowest BCUT2D eigenvalue weighted by molar-refractivity contribution is 0.0192. The number of rotatable bonds is 3. The zero-order valence-electron chi connectivity index (χ0n) is 9.53. The minimum Gasteiger partial charge on any atom is -0.473 e. The third-order valence-corrected chi connectivity index (χ3v) is 4.13. The van der Waals surface area contributed by atoms with Gasteiger partial charge in [0, 0.05) is 13.5 Å².